The second kappa shape index (κ2) is 4.28. The van der Waals surface area contributed by atoms with E-state index in [2.05, 4.69) is 0 Å². The summed E-state index contributed by atoms with van der Waals surface area (Å²) in [5.41, 5.74) is 0.347. The van der Waals surface area contributed by atoms with E-state index in [1.54, 1.807) is 13.1 Å². The predicted octanol–water partition coefficient (Wildman–Crippen LogP) is 2.34. The summed E-state index contributed by atoms with van der Waals surface area (Å²) >= 11 is 5.77. The zero-order valence-corrected chi connectivity index (χ0v) is 8.97. The van der Waals surface area contributed by atoms with Crippen molar-refractivity contribution in [2.45, 2.75) is 6.92 Å². The summed E-state index contributed by atoms with van der Waals surface area (Å²) in [6.45, 7) is 1.55. The number of rotatable bonds is 1. The molecule has 0 aliphatic heterocycles. The van der Waals surface area contributed by atoms with Gasteiger partial charge in [-0.2, -0.15) is 5.26 Å². The first kappa shape index (κ1) is 11.5. The van der Waals surface area contributed by atoms with Gasteiger partial charge < -0.3 is 0 Å². The minimum Gasteiger partial charge on any atom is -0.268 e. The van der Waals surface area contributed by atoms with Crippen LogP contribution in [-0.4, -0.2) is 17.9 Å². The van der Waals surface area contributed by atoms with Crippen molar-refractivity contribution in [1.82, 2.24) is 4.90 Å². The lowest BCUT2D eigenvalue weighted by Gasteiger charge is -2.09. The van der Waals surface area contributed by atoms with Crippen LogP contribution in [0.3, 0.4) is 0 Å². The molecule has 0 aliphatic carbocycles. The van der Waals surface area contributed by atoms with Crippen LogP contribution >= 0.6 is 11.6 Å². The van der Waals surface area contributed by atoms with Gasteiger partial charge in [-0.3, -0.25) is 4.79 Å². The van der Waals surface area contributed by atoms with Crippen LogP contribution in [-0.2, 0) is 0 Å². The molecule has 78 valence electrons. The van der Waals surface area contributed by atoms with Gasteiger partial charge in [0.2, 0.25) is 0 Å². The van der Waals surface area contributed by atoms with Gasteiger partial charge in [0.15, 0.2) is 6.19 Å². The molecule has 5 heteroatoms. The van der Waals surface area contributed by atoms with Crippen molar-refractivity contribution in [3.63, 3.8) is 0 Å². The smallest absolute Gasteiger partial charge is 0.268 e. The summed E-state index contributed by atoms with van der Waals surface area (Å²) in [6.07, 6.45) is 1.63. The van der Waals surface area contributed by atoms with Gasteiger partial charge >= 0.3 is 0 Å². The van der Waals surface area contributed by atoms with Crippen LogP contribution in [0.2, 0.25) is 5.02 Å². The fourth-order valence-corrected chi connectivity index (χ4v) is 1.34. The molecule has 0 heterocycles. The van der Waals surface area contributed by atoms with Crippen molar-refractivity contribution >= 4 is 17.5 Å². The largest absolute Gasteiger partial charge is 0.268 e. The monoisotopic (exact) mass is 226 g/mol. The molecule has 15 heavy (non-hydrogen) atoms. The third-order valence-electron chi connectivity index (χ3n) is 1.93. The molecule has 1 aromatic rings. The number of carbonyl (C=O) groups is 1. The van der Waals surface area contributed by atoms with Crippen molar-refractivity contribution in [3.8, 4) is 6.19 Å². The number of amides is 1. The van der Waals surface area contributed by atoms with E-state index in [9.17, 15) is 9.18 Å². The second-order valence-corrected chi connectivity index (χ2v) is 3.45. The van der Waals surface area contributed by atoms with Crippen LogP contribution in [0.25, 0.3) is 0 Å². The van der Waals surface area contributed by atoms with Crippen LogP contribution < -0.4 is 0 Å². The SMILES string of the molecule is Cc1cc(Cl)c(C(=O)N(C)C#N)cc1F. The third kappa shape index (κ3) is 2.25. The highest BCUT2D eigenvalue weighted by Gasteiger charge is 2.16. The fraction of sp³-hybridized carbons (Fsp3) is 0.200. The molecule has 0 saturated heterocycles. The lowest BCUT2D eigenvalue weighted by atomic mass is 10.1. The Bertz CT molecular complexity index is 453. The van der Waals surface area contributed by atoms with Gasteiger partial charge in [-0.15, -0.1) is 0 Å². The average molecular weight is 227 g/mol. The molecular weight excluding hydrogens is 219 g/mol. The molecule has 1 aromatic carbocycles. The van der Waals surface area contributed by atoms with E-state index < -0.39 is 11.7 Å². The van der Waals surface area contributed by atoms with Crippen LogP contribution in [0.4, 0.5) is 4.39 Å². The van der Waals surface area contributed by atoms with Gasteiger partial charge in [-0.05, 0) is 24.6 Å². The summed E-state index contributed by atoms with van der Waals surface area (Å²) in [4.78, 5) is 12.3. The number of hydrogen-bond donors (Lipinski definition) is 0. The lowest BCUT2D eigenvalue weighted by Crippen LogP contribution is -2.21. The third-order valence-corrected chi connectivity index (χ3v) is 2.25. The minimum atomic E-state index is -0.624. The van der Waals surface area contributed by atoms with E-state index in [1.165, 1.54) is 13.1 Å². The molecule has 0 fully saturated rings. The van der Waals surface area contributed by atoms with Gasteiger partial charge in [0, 0.05) is 7.05 Å². The average Bonchev–Trinajstić information content (AvgIpc) is 2.21. The molecule has 1 rings (SSSR count). The number of nitrogens with zero attached hydrogens (tertiary/aromatic N) is 2. The summed E-state index contributed by atoms with van der Waals surface area (Å²) in [6, 6.07) is 2.39. The Kier molecular flexibility index (Phi) is 3.28. The molecule has 1 amide bonds. The van der Waals surface area contributed by atoms with Crippen molar-refractivity contribution in [1.29, 1.82) is 5.26 Å². The Hall–Kier alpha value is -1.60. The number of aryl methyl sites for hydroxylation is 1. The summed E-state index contributed by atoms with van der Waals surface area (Å²) in [5.74, 6) is -1.14. The first-order valence-electron chi connectivity index (χ1n) is 4.10. The normalized spacial score (nSPS) is 9.53. The van der Waals surface area contributed by atoms with Gasteiger partial charge in [-0.25, -0.2) is 9.29 Å². The van der Waals surface area contributed by atoms with E-state index in [4.69, 9.17) is 16.9 Å². The van der Waals surface area contributed by atoms with Crippen LogP contribution in [0.1, 0.15) is 15.9 Å². The van der Waals surface area contributed by atoms with E-state index in [1.807, 2.05) is 0 Å². The zero-order valence-electron chi connectivity index (χ0n) is 8.21. The maximum absolute atomic E-state index is 13.2. The maximum atomic E-state index is 13.2. The van der Waals surface area contributed by atoms with Crippen molar-refractivity contribution in [2.24, 2.45) is 0 Å². The Balaban J connectivity index is 3.22. The van der Waals surface area contributed by atoms with Crippen molar-refractivity contribution < 1.29 is 9.18 Å². The number of carbonyl (C=O) groups excluding carboxylic acids is 1. The molecule has 0 radical (unpaired) electrons. The number of hydrogen-bond acceptors (Lipinski definition) is 2. The van der Waals surface area contributed by atoms with E-state index in [0.29, 0.717) is 5.56 Å². The van der Waals surface area contributed by atoms with E-state index in [-0.39, 0.29) is 10.6 Å². The summed E-state index contributed by atoms with van der Waals surface area (Å²) in [5, 5.41) is 8.64. The zero-order chi connectivity index (χ0) is 11.6. The molecule has 0 aromatic heterocycles. The van der Waals surface area contributed by atoms with Crippen LogP contribution in [0.15, 0.2) is 12.1 Å². The van der Waals surface area contributed by atoms with Gasteiger partial charge in [0.05, 0.1) is 10.6 Å². The van der Waals surface area contributed by atoms with Gasteiger partial charge in [0.25, 0.3) is 5.91 Å². The molecule has 0 atom stereocenters. The van der Waals surface area contributed by atoms with Crippen molar-refractivity contribution in [3.05, 3.63) is 34.1 Å². The topological polar surface area (TPSA) is 44.1 Å². The first-order valence-corrected chi connectivity index (χ1v) is 4.48. The van der Waals surface area contributed by atoms with Gasteiger partial charge in [-0.1, -0.05) is 11.6 Å². The molecule has 0 bridgehead atoms. The molecular formula is C10H8ClFN2O. The second-order valence-electron chi connectivity index (χ2n) is 3.05. The lowest BCUT2D eigenvalue weighted by molar-refractivity contribution is 0.0858. The molecule has 0 aliphatic rings. The standard InChI is InChI=1S/C10H8ClFN2O/c1-6-3-8(11)7(4-9(6)12)10(15)14(2)5-13/h3-4H,1-2H3. The highest BCUT2D eigenvalue weighted by atomic mass is 35.5. The quantitative estimate of drug-likeness (QED) is 0.545. The summed E-state index contributed by atoms with van der Waals surface area (Å²) < 4.78 is 13.2. The highest BCUT2D eigenvalue weighted by molar-refractivity contribution is 6.33. The number of benzene rings is 1. The Morgan fingerprint density at radius 1 is 1.60 bits per heavy atom. The minimum absolute atomic E-state index is 0.0104. The Labute approximate surface area is 91.7 Å². The first-order chi connectivity index (χ1) is 6.97. The van der Waals surface area contributed by atoms with Gasteiger partial charge in [0.1, 0.15) is 5.82 Å². The molecule has 0 saturated carbocycles. The summed E-state index contributed by atoms with van der Waals surface area (Å²) in [7, 11) is 1.29. The fourth-order valence-electron chi connectivity index (χ4n) is 1.04. The Morgan fingerprint density at radius 3 is 2.73 bits per heavy atom. The van der Waals surface area contributed by atoms with E-state index in [0.717, 1.165) is 11.0 Å². The molecule has 0 N–H and O–H groups in total. The number of nitriles is 1. The highest BCUT2D eigenvalue weighted by Crippen LogP contribution is 2.21. The molecule has 3 nitrogen and oxygen atoms in total. The number of halogens is 2. The maximum Gasteiger partial charge on any atom is 0.268 e. The van der Waals surface area contributed by atoms with Crippen molar-refractivity contribution in [2.75, 3.05) is 7.05 Å². The van der Waals surface area contributed by atoms with Crippen LogP contribution in [0.5, 0.6) is 0 Å². The van der Waals surface area contributed by atoms with E-state index >= 15 is 0 Å². The predicted molar refractivity (Wildman–Crippen MR) is 53.9 cm³/mol. The molecule has 0 unspecified atom stereocenters. The Morgan fingerprint density at radius 2 is 2.20 bits per heavy atom. The molecule has 0 spiro atoms. The van der Waals surface area contributed by atoms with Crippen LogP contribution in [0, 0.1) is 24.2 Å².